The maximum absolute atomic E-state index is 12.1. The normalized spacial score (nSPS) is 10.4. The van der Waals surface area contributed by atoms with Crippen LogP contribution in [0.3, 0.4) is 0 Å². The van der Waals surface area contributed by atoms with Crippen molar-refractivity contribution in [3.63, 3.8) is 0 Å². The molecule has 0 aliphatic carbocycles. The molecule has 0 saturated carbocycles. The van der Waals surface area contributed by atoms with E-state index < -0.39 is 5.97 Å². The molecule has 1 aromatic heterocycles. The van der Waals surface area contributed by atoms with Crippen molar-refractivity contribution in [2.75, 3.05) is 7.11 Å². The smallest absolute Gasteiger partial charge is 0.337 e. The number of tetrazole rings is 1. The van der Waals surface area contributed by atoms with Crippen molar-refractivity contribution in [1.29, 1.82) is 0 Å². The van der Waals surface area contributed by atoms with Gasteiger partial charge in [0.1, 0.15) is 6.54 Å². The predicted molar refractivity (Wildman–Crippen MR) is 97.6 cm³/mol. The molecule has 0 fully saturated rings. The van der Waals surface area contributed by atoms with Gasteiger partial charge in [-0.25, -0.2) is 4.79 Å². The van der Waals surface area contributed by atoms with Crippen molar-refractivity contribution >= 4 is 11.9 Å². The Kier molecular flexibility index (Phi) is 5.55. The zero-order valence-corrected chi connectivity index (χ0v) is 15.0. The number of hydrogen-bond acceptors (Lipinski definition) is 6. The van der Waals surface area contributed by atoms with Gasteiger partial charge in [-0.1, -0.05) is 42.0 Å². The summed E-state index contributed by atoms with van der Waals surface area (Å²) in [5, 5.41) is 14.9. The van der Waals surface area contributed by atoms with Crippen LogP contribution < -0.4 is 5.32 Å². The van der Waals surface area contributed by atoms with Gasteiger partial charge in [-0.3, -0.25) is 4.79 Å². The van der Waals surface area contributed by atoms with Gasteiger partial charge >= 0.3 is 5.97 Å². The number of hydrogen-bond donors (Lipinski definition) is 1. The van der Waals surface area contributed by atoms with Crippen LogP contribution in [-0.2, 0) is 22.6 Å². The van der Waals surface area contributed by atoms with Gasteiger partial charge in [-0.2, -0.15) is 4.80 Å². The Bertz CT molecular complexity index is 933. The van der Waals surface area contributed by atoms with E-state index in [4.69, 9.17) is 0 Å². The Morgan fingerprint density at radius 2 is 1.78 bits per heavy atom. The first-order valence-electron chi connectivity index (χ1n) is 8.34. The van der Waals surface area contributed by atoms with Crippen LogP contribution >= 0.6 is 0 Å². The molecular weight excluding hydrogens is 346 g/mol. The van der Waals surface area contributed by atoms with Crippen LogP contribution in [0.25, 0.3) is 11.4 Å². The quantitative estimate of drug-likeness (QED) is 0.668. The fourth-order valence-electron chi connectivity index (χ4n) is 2.39. The highest BCUT2D eigenvalue weighted by Crippen LogP contribution is 2.13. The van der Waals surface area contributed by atoms with E-state index in [1.54, 1.807) is 24.3 Å². The molecule has 3 rings (SSSR count). The van der Waals surface area contributed by atoms with E-state index in [1.165, 1.54) is 11.9 Å². The summed E-state index contributed by atoms with van der Waals surface area (Å²) < 4.78 is 4.65. The van der Waals surface area contributed by atoms with E-state index >= 15 is 0 Å². The third-order valence-electron chi connectivity index (χ3n) is 3.91. The lowest BCUT2D eigenvalue weighted by Crippen LogP contribution is -2.28. The molecule has 0 aliphatic rings. The van der Waals surface area contributed by atoms with Crippen LogP contribution in [0, 0.1) is 6.92 Å². The molecule has 0 atom stereocenters. The molecule has 138 valence electrons. The minimum absolute atomic E-state index is 0.0287. The number of aryl methyl sites for hydroxylation is 1. The molecule has 1 amide bonds. The topological polar surface area (TPSA) is 99.0 Å². The summed E-state index contributed by atoms with van der Waals surface area (Å²) in [4.78, 5) is 24.7. The molecule has 2 aromatic carbocycles. The molecule has 1 heterocycles. The maximum atomic E-state index is 12.1. The minimum Gasteiger partial charge on any atom is -0.465 e. The van der Waals surface area contributed by atoms with Crippen molar-refractivity contribution in [2.24, 2.45) is 0 Å². The molecule has 3 aromatic rings. The molecule has 0 bridgehead atoms. The first-order valence-corrected chi connectivity index (χ1v) is 8.34. The van der Waals surface area contributed by atoms with Crippen molar-refractivity contribution in [1.82, 2.24) is 25.5 Å². The van der Waals surface area contributed by atoms with E-state index in [2.05, 4.69) is 25.5 Å². The Morgan fingerprint density at radius 1 is 1.07 bits per heavy atom. The molecule has 0 unspecified atom stereocenters. The largest absolute Gasteiger partial charge is 0.465 e. The second-order valence-corrected chi connectivity index (χ2v) is 5.97. The molecular formula is C19H19N5O3. The van der Waals surface area contributed by atoms with Gasteiger partial charge in [0.15, 0.2) is 0 Å². The third-order valence-corrected chi connectivity index (χ3v) is 3.91. The Hall–Kier alpha value is -3.55. The number of carbonyl (C=O) groups is 2. The van der Waals surface area contributed by atoms with Crippen LogP contribution in [0.4, 0.5) is 0 Å². The summed E-state index contributed by atoms with van der Waals surface area (Å²) in [5.41, 5.74) is 3.31. The fraction of sp³-hybridized carbons (Fsp3) is 0.211. The van der Waals surface area contributed by atoms with Gasteiger partial charge in [-0.05, 0) is 29.8 Å². The molecule has 0 radical (unpaired) electrons. The Balaban J connectivity index is 1.54. The van der Waals surface area contributed by atoms with E-state index in [9.17, 15) is 9.59 Å². The predicted octanol–water partition coefficient (Wildman–Crippen LogP) is 1.75. The van der Waals surface area contributed by atoms with Crippen LogP contribution in [0.1, 0.15) is 21.5 Å². The van der Waals surface area contributed by atoms with Gasteiger partial charge in [0.2, 0.25) is 11.7 Å². The number of nitrogens with zero attached hydrogens (tertiary/aromatic N) is 4. The molecule has 0 saturated heterocycles. The SMILES string of the molecule is COC(=O)c1ccc(CNC(=O)Cn2nnc(-c3ccc(C)cc3)n2)cc1. The minimum atomic E-state index is -0.396. The zero-order chi connectivity index (χ0) is 19.2. The van der Waals surface area contributed by atoms with Crippen LogP contribution in [-0.4, -0.2) is 39.2 Å². The lowest BCUT2D eigenvalue weighted by Gasteiger charge is -2.05. The van der Waals surface area contributed by atoms with Crippen molar-refractivity contribution < 1.29 is 14.3 Å². The molecule has 0 spiro atoms. The summed E-state index contributed by atoms with van der Waals surface area (Å²) in [6.45, 7) is 2.31. The molecule has 8 heteroatoms. The van der Waals surface area contributed by atoms with E-state index in [0.717, 1.165) is 16.7 Å². The average Bonchev–Trinajstić information content (AvgIpc) is 3.15. The zero-order valence-electron chi connectivity index (χ0n) is 15.0. The number of aromatic nitrogens is 4. The first-order chi connectivity index (χ1) is 13.0. The second kappa shape index (κ2) is 8.22. The van der Waals surface area contributed by atoms with Gasteiger partial charge < -0.3 is 10.1 Å². The van der Waals surface area contributed by atoms with E-state index in [-0.39, 0.29) is 12.5 Å². The number of benzene rings is 2. The molecule has 8 nitrogen and oxygen atoms in total. The lowest BCUT2D eigenvalue weighted by molar-refractivity contribution is -0.122. The summed E-state index contributed by atoms with van der Waals surface area (Å²) in [5.74, 6) is -0.159. The number of carbonyl (C=O) groups excluding carboxylic acids is 2. The van der Waals surface area contributed by atoms with Crippen LogP contribution in [0.2, 0.25) is 0 Å². The summed E-state index contributed by atoms with van der Waals surface area (Å²) in [6.07, 6.45) is 0. The average molecular weight is 365 g/mol. The molecule has 1 N–H and O–H groups in total. The number of rotatable bonds is 6. The fourth-order valence-corrected chi connectivity index (χ4v) is 2.39. The van der Waals surface area contributed by atoms with E-state index in [1.807, 2.05) is 31.2 Å². The summed E-state index contributed by atoms with van der Waals surface area (Å²) >= 11 is 0. The number of nitrogens with one attached hydrogen (secondary N) is 1. The summed E-state index contributed by atoms with van der Waals surface area (Å²) in [6, 6.07) is 14.6. The van der Waals surface area contributed by atoms with Crippen molar-refractivity contribution in [3.8, 4) is 11.4 Å². The first kappa shape index (κ1) is 18.2. The standard InChI is InChI=1S/C19H19N5O3/c1-13-3-7-15(8-4-13)18-21-23-24(22-18)12-17(25)20-11-14-5-9-16(10-6-14)19(26)27-2/h3-10H,11-12H2,1-2H3,(H,20,25). The van der Waals surface area contributed by atoms with Crippen LogP contribution in [0.5, 0.6) is 0 Å². The van der Waals surface area contributed by atoms with E-state index in [0.29, 0.717) is 17.9 Å². The maximum Gasteiger partial charge on any atom is 0.337 e. The molecule has 27 heavy (non-hydrogen) atoms. The lowest BCUT2D eigenvalue weighted by atomic mass is 10.1. The van der Waals surface area contributed by atoms with Crippen molar-refractivity contribution in [3.05, 3.63) is 65.2 Å². The highest BCUT2D eigenvalue weighted by atomic mass is 16.5. The highest BCUT2D eigenvalue weighted by Gasteiger charge is 2.10. The Morgan fingerprint density at radius 3 is 2.44 bits per heavy atom. The number of esters is 1. The number of ether oxygens (including phenoxy) is 1. The second-order valence-electron chi connectivity index (χ2n) is 5.97. The molecule has 0 aliphatic heterocycles. The van der Waals surface area contributed by atoms with Gasteiger partial charge in [0.05, 0.1) is 12.7 Å². The number of methoxy groups -OCH3 is 1. The van der Waals surface area contributed by atoms with Crippen LogP contribution in [0.15, 0.2) is 48.5 Å². The monoisotopic (exact) mass is 365 g/mol. The van der Waals surface area contributed by atoms with Gasteiger partial charge in [0.25, 0.3) is 0 Å². The number of amides is 1. The van der Waals surface area contributed by atoms with Crippen molar-refractivity contribution in [2.45, 2.75) is 20.0 Å². The Labute approximate surface area is 156 Å². The van der Waals surface area contributed by atoms with Gasteiger partial charge in [-0.15, -0.1) is 10.2 Å². The highest BCUT2D eigenvalue weighted by molar-refractivity contribution is 5.89. The summed E-state index contributed by atoms with van der Waals surface area (Å²) in [7, 11) is 1.33. The third kappa shape index (κ3) is 4.75. The van der Waals surface area contributed by atoms with Gasteiger partial charge in [0, 0.05) is 12.1 Å².